The number of hydrogen-bond acceptors (Lipinski definition) is 4. The molecule has 0 atom stereocenters. The van der Waals surface area contributed by atoms with E-state index >= 15 is 0 Å². The molecule has 0 spiro atoms. The summed E-state index contributed by atoms with van der Waals surface area (Å²) in [4.78, 5) is 46.6. The van der Waals surface area contributed by atoms with Gasteiger partial charge in [0.1, 0.15) is 5.41 Å². The predicted octanol–water partition coefficient (Wildman–Crippen LogP) is 1.15. The first-order valence-electron chi connectivity index (χ1n) is 6.34. The smallest absolute Gasteiger partial charge is 0.328 e. The Labute approximate surface area is 158 Å². The Kier molecular flexibility index (Phi) is 7.68. The van der Waals surface area contributed by atoms with Crippen LogP contribution in [0.2, 0.25) is 0 Å². The molecule has 0 unspecified atom stereocenters. The molecule has 1 aliphatic rings. The van der Waals surface area contributed by atoms with Gasteiger partial charge in [-0.2, -0.15) is 0 Å². The van der Waals surface area contributed by atoms with E-state index in [2.05, 4.69) is 5.32 Å². The van der Waals surface area contributed by atoms with Gasteiger partial charge in [-0.3, -0.25) is 25.0 Å². The van der Waals surface area contributed by atoms with Crippen LogP contribution in [0, 0.1) is 50.9 Å². The van der Waals surface area contributed by atoms with Crippen molar-refractivity contribution in [1.29, 1.82) is 0 Å². The molecule has 2 rings (SSSR count). The molecule has 0 aliphatic carbocycles. The molecule has 0 aromatic heterocycles. The standard InChI is InChI=1S/C14H15N3O4.CH3.U/c1-8-3-5-9(6-4-8)15-10(18)7-14(2)11(19)16-13(21)17-12(14)20;;/h3-6H,7H2,1-2H3,(H,15,18)(H2,16,17,19,20,21);1H3;/q;-1;. The van der Waals surface area contributed by atoms with Crippen molar-refractivity contribution in [3.8, 4) is 0 Å². The summed E-state index contributed by atoms with van der Waals surface area (Å²) >= 11 is 0. The van der Waals surface area contributed by atoms with E-state index in [0.29, 0.717) is 5.69 Å². The average Bonchev–Trinajstić information content (AvgIpc) is 2.39. The molecule has 0 saturated carbocycles. The van der Waals surface area contributed by atoms with Gasteiger partial charge in [0.05, 0.1) is 6.42 Å². The van der Waals surface area contributed by atoms with E-state index in [9.17, 15) is 19.2 Å². The van der Waals surface area contributed by atoms with Gasteiger partial charge < -0.3 is 12.7 Å². The second kappa shape index (κ2) is 8.27. The van der Waals surface area contributed by atoms with Gasteiger partial charge >= 0.3 is 6.03 Å². The monoisotopic (exact) mass is 542 g/mol. The normalized spacial score (nSPS) is 15.5. The number of amides is 5. The van der Waals surface area contributed by atoms with Gasteiger partial charge in [0.25, 0.3) is 0 Å². The number of benzene rings is 1. The third-order valence-electron chi connectivity index (χ3n) is 3.31. The van der Waals surface area contributed by atoms with Crippen LogP contribution in [0.4, 0.5) is 10.5 Å². The van der Waals surface area contributed by atoms with Gasteiger partial charge in [-0.25, -0.2) is 4.79 Å². The zero-order chi connectivity index (χ0) is 15.6. The van der Waals surface area contributed by atoms with Crippen molar-refractivity contribution < 1.29 is 50.3 Å². The first-order chi connectivity index (χ1) is 9.81. The number of imide groups is 2. The summed E-state index contributed by atoms with van der Waals surface area (Å²) in [6.45, 7) is 3.24. The third kappa shape index (κ3) is 4.91. The zero-order valence-corrected chi connectivity index (χ0v) is 17.3. The Balaban J connectivity index is 0.00000242. The van der Waals surface area contributed by atoms with Crippen molar-refractivity contribution in [3.63, 3.8) is 0 Å². The van der Waals surface area contributed by atoms with Crippen LogP contribution < -0.4 is 16.0 Å². The van der Waals surface area contributed by atoms with Gasteiger partial charge in [0, 0.05) is 36.8 Å². The number of barbiturate groups is 1. The Morgan fingerprint density at radius 2 is 1.57 bits per heavy atom. The van der Waals surface area contributed by atoms with E-state index in [1.54, 1.807) is 12.1 Å². The number of nitrogens with one attached hydrogen (secondary N) is 3. The summed E-state index contributed by atoms with van der Waals surface area (Å²) in [5.74, 6) is -2.05. The number of urea groups is 1. The molecule has 7 nitrogen and oxygen atoms in total. The fourth-order valence-electron chi connectivity index (χ4n) is 1.94. The van der Waals surface area contributed by atoms with Gasteiger partial charge in [0.2, 0.25) is 17.7 Å². The van der Waals surface area contributed by atoms with Crippen molar-refractivity contribution in [3.05, 3.63) is 37.3 Å². The van der Waals surface area contributed by atoms with Gasteiger partial charge in [-0.05, 0) is 26.0 Å². The molecule has 5 amide bonds. The maximum atomic E-state index is 12.0. The van der Waals surface area contributed by atoms with E-state index < -0.39 is 29.2 Å². The van der Waals surface area contributed by atoms with E-state index in [4.69, 9.17) is 0 Å². The van der Waals surface area contributed by atoms with Gasteiger partial charge in [-0.15, -0.1) is 0 Å². The molecule has 122 valence electrons. The molecule has 1 aromatic carbocycles. The fourth-order valence-corrected chi connectivity index (χ4v) is 1.94. The molecule has 0 radical (unpaired) electrons. The van der Waals surface area contributed by atoms with Crippen molar-refractivity contribution in [2.45, 2.75) is 20.3 Å². The number of anilines is 1. The minimum Gasteiger partial charge on any atom is -0.358 e. The second-order valence-corrected chi connectivity index (χ2v) is 5.16. The minimum absolute atomic E-state index is 0. The van der Waals surface area contributed by atoms with E-state index in [1.807, 2.05) is 29.7 Å². The first-order valence-corrected chi connectivity index (χ1v) is 6.34. The first kappa shape index (κ1) is 21.4. The summed E-state index contributed by atoms with van der Waals surface area (Å²) in [5, 5.41) is 6.58. The molecule has 1 aliphatic heterocycles. The Hall–Kier alpha value is -1.65. The SMILES string of the molecule is Cc1ccc(NC(=O)CC2(C)C(=O)NC(=O)NC2=O)cc1.[CH3-].[U]. The summed E-state index contributed by atoms with van der Waals surface area (Å²) in [5.41, 5.74) is 0.00861. The Morgan fingerprint density at radius 3 is 2.04 bits per heavy atom. The van der Waals surface area contributed by atoms with Crippen LogP contribution in [0.1, 0.15) is 18.9 Å². The number of hydrogen-bond donors (Lipinski definition) is 3. The number of carbonyl (C=O) groups excluding carboxylic acids is 4. The van der Waals surface area contributed by atoms with Crippen LogP contribution in [0.5, 0.6) is 0 Å². The van der Waals surface area contributed by atoms with Crippen molar-refractivity contribution in [1.82, 2.24) is 10.6 Å². The molecule has 0 bridgehead atoms. The van der Waals surface area contributed by atoms with Gasteiger partial charge in [0.15, 0.2) is 0 Å². The van der Waals surface area contributed by atoms with Crippen molar-refractivity contribution in [2.75, 3.05) is 5.32 Å². The summed E-state index contributed by atoms with van der Waals surface area (Å²) in [7, 11) is 0. The van der Waals surface area contributed by atoms with E-state index in [0.717, 1.165) is 5.56 Å². The largest absolute Gasteiger partial charge is 0.358 e. The molecular weight excluding hydrogens is 524 g/mol. The topological polar surface area (TPSA) is 104 Å². The quantitative estimate of drug-likeness (QED) is 0.394. The molecule has 1 aromatic rings. The Morgan fingerprint density at radius 1 is 1.09 bits per heavy atom. The maximum absolute atomic E-state index is 12.0. The van der Waals surface area contributed by atoms with Crippen LogP contribution in [0.25, 0.3) is 0 Å². The molecule has 1 saturated heterocycles. The van der Waals surface area contributed by atoms with Crippen LogP contribution in [0.15, 0.2) is 24.3 Å². The number of carbonyl (C=O) groups is 4. The minimum atomic E-state index is -1.61. The van der Waals surface area contributed by atoms with Crippen LogP contribution in [-0.2, 0) is 14.4 Å². The zero-order valence-electron chi connectivity index (χ0n) is 13.1. The number of aryl methyl sites for hydroxylation is 1. The molecule has 3 N–H and O–H groups in total. The summed E-state index contributed by atoms with van der Waals surface area (Å²) in [6, 6.07) is 6.23. The molecule has 23 heavy (non-hydrogen) atoms. The average molecular weight is 542 g/mol. The molecule has 1 heterocycles. The second-order valence-electron chi connectivity index (χ2n) is 5.16. The molecular formula is C15H18N3O4U-. The van der Waals surface area contributed by atoms with Crippen LogP contribution in [-0.4, -0.2) is 23.8 Å². The third-order valence-corrected chi connectivity index (χ3v) is 3.31. The summed E-state index contributed by atoms with van der Waals surface area (Å²) in [6.07, 6.45) is -0.355. The predicted molar refractivity (Wildman–Crippen MR) is 80.6 cm³/mol. The number of rotatable bonds is 3. The van der Waals surface area contributed by atoms with Crippen molar-refractivity contribution >= 4 is 29.4 Å². The van der Waals surface area contributed by atoms with E-state index in [1.165, 1.54) is 6.92 Å². The Bertz CT molecular complexity index is 608. The van der Waals surface area contributed by atoms with E-state index in [-0.39, 0.29) is 45.0 Å². The van der Waals surface area contributed by atoms with Gasteiger partial charge in [-0.1, -0.05) is 17.7 Å². The maximum Gasteiger partial charge on any atom is 0.328 e. The fraction of sp³-hybridized carbons (Fsp3) is 0.267. The summed E-state index contributed by atoms with van der Waals surface area (Å²) < 4.78 is 0. The molecule has 1 fully saturated rings. The molecule has 8 heteroatoms. The van der Waals surface area contributed by atoms with Crippen LogP contribution in [0.3, 0.4) is 0 Å². The van der Waals surface area contributed by atoms with Crippen LogP contribution >= 0.6 is 0 Å². The van der Waals surface area contributed by atoms with Crippen molar-refractivity contribution in [2.24, 2.45) is 5.41 Å².